The highest BCUT2D eigenvalue weighted by atomic mass is 16.5. The molecule has 0 saturated carbocycles. The Morgan fingerprint density at radius 3 is 2.65 bits per heavy atom. The number of hydrogen-bond acceptors (Lipinski definition) is 4. The van der Waals surface area contributed by atoms with Crippen LogP contribution >= 0.6 is 0 Å². The fourth-order valence-electron chi connectivity index (χ4n) is 2.71. The van der Waals surface area contributed by atoms with Crippen LogP contribution in [0.2, 0.25) is 0 Å². The topological polar surface area (TPSA) is 47.9 Å². The SMILES string of the molecule is Cc1c2c(c(CN=C=O)c3c1OCC3)OCC2. The third kappa shape index (κ3) is 1.45. The maximum absolute atomic E-state index is 10.3. The van der Waals surface area contributed by atoms with Crippen molar-refractivity contribution in [3.8, 4) is 11.5 Å². The Morgan fingerprint density at radius 2 is 1.88 bits per heavy atom. The highest BCUT2D eigenvalue weighted by molar-refractivity contribution is 5.61. The van der Waals surface area contributed by atoms with E-state index < -0.39 is 0 Å². The van der Waals surface area contributed by atoms with Gasteiger partial charge < -0.3 is 9.47 Å². The van der Waals surface area contributed by atoms with Gasteiger partial charge in [0, 0.05) is 29.5 Å². The second kappa shape index (κ2) is 3.90. The van der Waals surface area contributed by atoms with Gasteiger partial charge in [-0.1, -0.05) is 0 Å². The minimum atomic E-state index is 0.345. The van der Waals surface area contributed by atoms with Crippen molar-refractivity contribution in [2.45, 2.75) is 26.3 Å². The number of rotatable bonds is 2. The molecule has 0 N–H and O–H groups in total. The summed E-state index contributed by atoms with van der Waals surface area (Å²) in [6.07, 6.45) is 3.38. The summed E-state index contributed by atoms with van der Waals surface area (Å²) in [4.78, 5) is 14.0. The average Bonchev–Trinajstić information content (AvgIpc) is 2.97. The maximum Gasteiger partial charge on any atom is 0.235 e. The van der Waals surface area contributed by atoms with Gasteiger partial charge in [0.25, 0.3) is 0 Å². The van der Waals surface area contributed by atoms with Gasteiger partial charge in [-0.15, -0.1) is 0 Å². The quantitative estimate of drug-likeness (QED) is 0.575. The Labute approximate surface area is 99.3 Å². The molecule has 17 heavy (non-hydrogen) atoms. The number of ether oxygens (including phenoxy) is 2. The van der Waals surface area contributed by atoms with Crippen molar-refractivity contribution in [2.75, 3.05) is 13.2 Å². The van der Waals surface area contributed by atoms with Crippen molar-refractivity contribution in [1.29, 1.82) is 0 Å². The zero-order valence-corrected chi connectivity index (χ0v) is 9.71. The monoisotopic (exact) mass is 231 g/mol. The summed E-state index contributed by atoms with van der Waals surface area (Å²) in [5.41, 5.74) is 4.56. The lowest BCUT2D eigenvalue weighted by molar-refractivity contribution is 0.353. The summed E-state index contributed by atoms with van der Waals surface area (Å²) in [6.45, 7) is 3.83. The lowest BCUT2D eigenvalue weighted by atomic mass is 9.95. The van der Waals surface area contributed by atoms with Crippen LogP contribution in [-0.2, 0) is 24.2 Å². The Kier molecular flexibility index (Phi) is 2.37. The standard InChI is InChI=1S/C13H13NO3/c1-8-9-2-4-17-13(9)11(6-14-7-15)10-3-5-16-12(8)10/h2-6H2,1H3. The molecule has 1 aromatic carbocycles. The molecule has 0 aliphatic carbocycles. The second-order valence-electron chi connectivity index (χ2n) is 4.32. The molecule has 0 aromatic heterocycles. The van der Waals surface area contributed by atoms with Crippen molar-refractivity contribution in [3.63, 3.8) is 0 Å². The molecule has 1 aromatic rings. The van der Waals surface area contributed by atoms with E-state index in [1.54, 1.807) is 6.08 Å². The van der Waals surface area contributed by atoms with Crippen molar-refractivity contribution in [2.24, 2.45) is 4.99 Å². The van der Waals surface area contributed by atoms with E-state index in [-0.39, 0.29) is 0 Å². The fraction of sp³-hybridized carbons (Fsp3) is 0.462. The molecule has 0 fully saturated rings. The third-order valence-electron chi connectivity index (χ3n) is 3.48. The van der Waals surface area contributed by atoms with Gasteiger partial charge in [0.05, 0.1) is 19.8 Å². The van der Waals surface area contributed by atoms with E-state index in [1.807, 2.05) is 0 Å². The zero-order chi connectivity index (χ0) is 11.8. The number of carbonyl (C=O) groups excluding carboxylic acids is 1. The van der Waals surface area contributed by atoms with Crippen LogP contribution in [0.5, 0.6) is 11.5 Å². The number of isocyanates is 1. The zero-order valence-electron chi connectivity index (χ0n) is 9.71. The van der Waals surface area contributed by atoms with E-state index in [0.29, 0.717) is 19.8 Å². The largest absolute Gasteiger partial charge is 0.493 e. The summed E-state index contributed by atoms with van der Waals surface area (Å²) in [5, 5.41) is 0. The predicted octanol–water partition coefficient (Wildman–Crippen LogP) is 1.70. The molecule has 2 aliphatic heterocycles. The number of fused-ring (bicyclic) bond motifs is 2. The van der Waals surface area contributed by atoms with E-state index in [4.69, 9.17) is 9.47 Å². The molecule has 0 amide bonds. The van der Waals surface area contributed by atoms with Crippen molar-refractivity contribution < 1.29 is 14.3 Å². The maximum atomic E-state index is 10.3. The van der Waals surface area contributed by atoms with E-state index in [1.165, 1.54) is 11.1 Å². The number of hydrogen-bond donors (Lipinski definition) is 0. The van der Waals surface area contributed by atoms with Crippen LogP contribution < -0.4 is 9.47 Å². The van der Waals surface area contributed by atoms with Crippen LogP contribution in [0.1, 0.15) is 22.3 Å². The molecule has 0 unspecified atom stereocenters. The molecule has 2 aliphatic rings. The number of benzene rings is 1. The Hall–Kier alpha value is -1.80. The number of nitrogens with zero attached hydrogens (tertiary/aromatic N) is 1. The van der Waals surface area contributed by atoms with Crippen molar-refractivity contribution >= 4 is 6.08 Å². The molecule has 88 valence electrons. The van der Waals surface area contributed by atoms with Gasteiger partial charge in [0.15, 0.2) is 0 Å². The van der Waals surface area contributed by atoms with Crippen LogP contribution in [0.3, 0.4) is 0 Å². The summed E-state index contributed by atoms with van der Waals surface area (Å²) in [6, 6.07) is 0. The Morgan fingerprint density at radius 1 is 1.18 bits per heavy atom. The summed E-state index contributed by atoms with van der Waals surface area (Å²) < 4.78 is 11.4. The van der Waals surface area contributed by atoms with Crippen molar-refractivity contribution in [1.82, 2.24) is 0 Å². The van der Waals surface area contributed by atoms with E-state index in [0.717, 1.165) is 35.5 Å². The molecule has 4 nitrogen and oxygen atoms in total. The lowest BCUT2D eigenvalue weighted by Crippen LogP contribution is -1.97. The highest BCUT2D eigenvalue weighted by Crippen LogP contribution is 2.44. The smallest absolute Gasteiger partial charge is 0.235 e. The third-order valence-corrected chi connectivity index (χ3v) is 3.48. The molecule has 0 bridgehead atoms. The van der Waals surface area contributed by atoms with Crippen LogP contribution in [0, 0.1) is 6.92 Å². The molecule has 0 spiro atoms. The van der Waals surface area contributed by atoms with Crippen LogP contribution in [-0.4, -0.2) is 19.3 Å². The molecule has 4 heteroatoms. The van der Waals surface area contributed by atoms with Gasteiger partial charge >= 0.3 is 0 Å². The summed E-state index contributed by atoms with van der Waals surface area (Å²) in [5.74, 6) is 1.90. The first kappa shape index (κ1) is 10.4. The van der Waals surface area contributed by atoms with E-state index >= 15 is 0 Å². The van der Waals surface area contributed by atoms with E-state index in [2.05, 4.69) is 11.9 Å². The molecular weight excluding hydrogens is 218 g/mol. The molecule has 2 heterocycles. The normalized spacial score (nSPS) is 15.6. The van der Waals surface area contributed by atoms with Crippen molar-refractivity contribution in [3.05, 3.63) is 22.3 Å². The lowest BCUT2D eigenvalue weighted by Gasteiger charge is -2.13. The first-order valence-corrected chi connectivity index (χ1v) is 5.79. The minimum absolute atomic E-state index is 0.345. The average molecular weight is 231 g/mol. The van der Waals surface area contributed by atoms with Crippen LogP contribution in [0.25, 0.3) is 0 Å². The fourth-order valence-corrected chi connectivity index (χ4v) is 2.71. The molecule has 0 saturated heterocycles. The van der Waals surface area contributed by atoms with E-state index in [9.17, 15) is 4.79 Å². The minimum Gasteiger partial charge on any atom is -0.493 e. The first-order valence-electron chi connectivity index (χ1n) is 5.79. The first-order chi connectivity index (χ1) is 8.33. The number of aliphatic imine (C=N–C) groups is 1. The van der Waals surface area contributed by atoms with Gasteiger partial charge in [-0.05, 0) is 12.5 Å². The predicted molar refractivity (Wildman–Crippen MR) is 61.4 cm³/mol. The second-order valence-corrected chi connectivity index (χ2v) is 4.32. The molecular formula is C13H13NO3. The van der Waals surface area contributed by atoms with Gasteiger partial charge in [0.1, 0.15) is 11.5 Å². The van der Waals surface area contributed by atoms with Gasteiger partial charge in [0.2, 0.25) is 6.08 Å². The molecule has 0 atom stereocenters. The highest BCUT2D eigenvalue weighted by Gasteiger charge is 2.29. The summed E-state index contributed by atoms with van der Waals surface area (Å²) >= 11 is 0. The van der Waals surface area contributed by atoms with Gasteiger partial charge in [-0.3, -0.25) is 0 Å². The molecule has 3 rings (SSSR count). The van der Waals surface area contributed by atoms with Crippen LogP contribution in [0.4, 0.5) is 0 Å². The van der Waals surface area contributed by atoms with Gasteiger partial charge in [-0.2, -0.15) is 0 Å². The van der Waals surface area contributed by atoms with Crippen LogP contribution in [0.15, 0.2) is 4.99 Å². The van der Waals surface area contributed by atoms with Gasteiger partial charge in [-0.25, -0.2) is 9.79 Å². The molecule has 0 radical (unpaired) electrons. The Bertz CT molecular complexity index is 495. The summed E-state index contributed by atoms with van der Waals surface area (Å²) in [7, 11) is 0. The Balaban J connectivity index is 2.22.